The number of methoxy groups -OCH3 is 1. The number of hydrogen-bond acceptors (Lipinski definition) is 5. The van der Waals surface area contributed by atoms with Crippen molar-refractivity contribution < 1.29 is 23.9 Å². The summed E-state index contributed by atoms with van der Waals surface area (Å²) in [5.74, 6) is -1.06. The fraction of sp³-hybridized carbons (Fsp3) is 0.286. The monoisotopic (exact) mass is 384 g/mol. The summed E-state index contributed by atoms with van der Waals surface area (Å²) in [7, 11) is 1.46. The van der Waals surface area contributed by atoms with Gasteiger partial charge in [-0.2, -0.15) is 0 Å². The van der Waals surface area contributed by atoms with E-state index < -0.39 is 11.9 Å². The molecule has 2 aromatic rings. The van der Waals surface area contributed by atoms with Gasteiger partial charge in [0.15, 0.2) is 6.61 Å². The molecule has 0 atom stereocenters. The van der Waals surface area contributed by atoms with Crippen LogP contribution >= 0.6 is 0 Å². The quantitative estimate of drug-likeness (QED) is 0.408. The van der Waals surface area contributed by atoms with Crippen LogP contribution in [0.2, 0.25) is 0 Å². The molecule has 0 saturated carbocycles. The van der Waals surface area contributed by atoms with Gasteiger partial charge in [0.2, 0.25) is 5.78 Å². The highest BCUT2D eigenvalue weighted by molar-refractivity contribution is 6.00. The molecule has 0 aliphatic rings. The van der Waals surface area contributed by atoms with Gasteiger partial charge in [0.25, 0.3) is 5.91 Å². The van der Waals surface area contributed by atoms with Crippen molar-refractivity contribution in [2.45, 2.75) is 20.4 Å². The number of Topliss-reactive ketones (excluding diaryl/α,β-unsaturated/α-hetero) is 1. The zero-order valence-corrected chi connectivity index (χ0v) is 16.3. The number of nitrogens with one attached hydrogen (secondary N) is 1. The molecule has 0 fully saturated rings. The maximum atomic E-state index is 12.4. The van der Waals surface area contributed by atoms with Gasteiger partial charge in [-0.15, -0.1) is 6.58 Å². The molecular formula is C21H24N2O5. The summed E-state index contributed by atoms with van der Waals surface area (Å²) in [6.07, 6.45) is 1.75. The predicted molar refractivity (Wildman–Crippen MR) is 105 cm³/mol. The molecule has 0 bridgehead atoms. The number of nitrogens with zero attached hydrogens (tertiary/aromatic N) is 1. The van der Waals surface area contributed by atoms with Crippen molar-refractivity contribution in [2.75, 3.05) is 20.3 Å². The molecule has 7 nitrogen and oxygen atoms in total. The van der Waals surface area contributed by atoms with Crippen LogP contribution in [0, 0.1) is 13.8 Å². The topological polar surface area (TPSA) is 86.6 Å². The van der Waals surface area contributed by atoms with Crippen LogP contribution in [-0.2, 0) is 16.1 Å². The molecule has 0 aliphatic carbocycles. The van der Waals surface area contributed by atoms with Crippen LogP contribution in [-0.4, -0.2) is 42.5 Å². The first kappa shape index (κ1) is 21.0. The maximum Gasteiger partial charge on any atom is 0.325 e. The Morgan fingerprint density at radius 3 is 2.57 bits per heavy atom. The third-order valence-corrected chi connectivity index (χ3v) is 4.29. The van der Waals surface area contributed by atoms with Crippen molar-refractivity contribution in [2.24, 2.45) is 0 Å². The van der Waals surface area contributed by atoms with Gasteiger partial charge in [0, 0.05) is 23.5 Å². The molecule has 1 heterocycles. The Morgan fingerprint density at radius 1 is 1.18 bits per heavy atom. The third-order valence-electron chi connectivity index (χ3n) is 4.29. The fourth-order valence-corrected chi connectivity index (χ4v) is 2.85. The summed E-state index contributed by atoms with van der Waals surface area (Å²) in [6.45, 7) is 7.29. The second-order valence-electron chi connectivity index (χ2n) is 6.15. The summed E-state index contributed by atoms with van der Waals surface area (Å²) in [4.78, 5) is 36.4. The van der Waals surface area contributed by atoms with E-state index >= 15 is 0 Å². The predicted octanol–water partition coefficient (Wildman–Crippen LogP) is 2.46. The normalized spacial score (nSPS) is 10.2. The lowest BCUT2D eigenvalue weighted by molar-refractivity contribution is -0.141. The number of ether oxygens (including phenoxy) is 2. The minimum atomic E-state index is -0.698. The Morgan fingerprint density at radius 2 is 1.89 bits per heavy atom. The lowest BCUT2D eigenvalue weighted by atomic mass is 10.1. The van der Waals surface area contributed by atoms with Crippen molar-refractivity contribution in [3.63, 3.8) is 0 Å². The Kier molecular flexibility index (Phi) is 7.14. The summed E-state index contributed by atoms with van der Waals surface area (Å²) in [6, 6.07) is 8.42. The summed E-state index contributed by atoms with van der Waals surface area (Å²) >= 11 is 0. The average Bonchev–Trinajstić information content (AvgIpc) is 2.98. The summed E-state index contributed by atoms with van der Waals surface area (Å²) in [5.41, 5.74) is 2.54. The van der Waals surface area contributed by atoms with Crippen LogP contribution in [0.3, 0.4) is 0 Å². The van der Waals surface area contributed by atoms with E-state index in [0.29, 0.717) is 23.4 Å². The fourth-order valence-electron chi connectivity index (χ4n) is 2.85. The molecule has 0 radical (unpaired) electrons. The number of amides is 1. The minimum Gasteiger partial charge on any atom is -0.496 e. The first-order valence-electron chi connectivity index (χ1n) is 8.76. The van der Waals surface area contributed by atoms with Gasteiger partial charge in [-0.25, -0.2) is 0 Å². The SMILES string of the molecule is C=CCn1c(C)cc(C(=O)COC(=O)CNC(=O)c2ccccc2OC)c1C. The van der Waals surface area contributed by atoms with Crippen molar-refractivity contribution in [3.05, 3.63) is 65.5 Å². The average molecular weight is 384 g/mol. The molecule has 1 aromatic carbocycles. The van der Waals surface area contributed by atoms with Gasteiger partial charge >= 0.3 is 5.97 Å². The number of ketones is 1. The number of benzene rings is 1. The van der Waals surface area contributed by atoms with Gasteiger partial charge in [-0.05, 0) is 32.0 Å². The Bertz CT molecular complexity index is 898. The van der Waals surface area contributed by atoms with Crippen LogP contribution in [0.15, 0.2) is 43.0 Å². The second kappa shape index (κ2) is 9.55. The van der Waals surface area contributed by atoms with Gasteiger partial charge in [-0.3, -0.25) is 14.4 Å². The number of aryl methyl sites for hydroxylation is 1. The number of esters is 1. The van der Waals surface area contributed by atoms with Gasteiger partial charge in [0.1, 0.15) is 12.3 Å². The molecule has 0 saturated heterocycles. The molecular weight excluding hydrogens is 360 g/mol. The number of carbonyl (C=O) groups is 3. The van der Waals surface area contributed by atoms with E-state index in [2.05, 4.69) is 11.9 Å². The Labute approximate surface area is 163 Å². The summed E-state index contributed by atoms with van der Waals surface area (Å²) in [5, 5.41) is 2.46. The molecule has 2 rings (SSSR count). The van der Waals surface area contributed by atoms with E-state index in [1.807, 2.05) is 18.4 Å². The maximum absolute atomic E-state index is 12.4. The number of para-hydroxylation sites is 1. The second-order valence-corrected chi connectivity index (χ2v) is 6.15. The Balaban J connectivity index is 1.89. The molecule has 28 heavy (non-hydrogen) atoms. The highest BCUT2D eigenvalue weighted by Gasteiger charge is 2.18. The first-order valence-corrected chi connectivity index (χ1v) is 8.76. The van der Waals surface area contributed by atoms with Crippen molar-refractivity contribution in [1.82, 2.24) is 9.88 Å². The molecule has 0 spiro atoms. The molecule has 0 aliphatic heterocycles. The van der Waals surface area contributed by atoms with E-state index in [4.69, 9.17) is 9.47 Å². The Hall–Kier alpha value is -3.35. The van der Waals surface area contributed by atoms with Crippen LogP contribution in [0.5, 0.6) is 5.75 Å². The van der Waals surface area contributed by atoms with Gasteiger partial charge < -0.3 is 19.4 Å². The molecule has 148 valence electrons. The van der Waals surface area contributed by atoms with Crippen molar-refractivity contribution >= 4 is 17.7 Å². The standard InChI is InChI=1S/C21H24N2O5/c1-5-10-23-14(2)11-17(15(23)3)18(24)13-28-20(25)12-22-21(26)16-8-6-7-9-19(16)27-4/h5-9,11H,1,10,12-13H2,2-4H3,(H,22,26). The largest absolute Gasteiger partial charge is 0.496 e. The molecule has 1 aromatic heterocycles. The highest BCUT2D eigenvalue weighted by Crippen LogP contribution is 2.17. The van der Waals surface area contributed by atoms with Crippen LogP contribution < -0.4 is 10.1 Å². The molecule has 0 unspecified atom stereocenters. The van der Waals surface area contributed by atoms with E-state index in [1.54, 1.807) is 36.4 Å². The molecule has 1 N–H and O–H groups in total. The lowest BCUT2D eigenvalue weighted by Gasteiger charge is -2.09. The number of carbonyl (C=O) groups excluding carboxylic acids is 3. The zero-order valence-electron chi connectivity index (χ0n) is 16.3. The number of aromatic nitrogens is 1. The lowest BCUT2D eigenvalue weighted by Crippen LogP contribution is -2.31. The minimum absolute atomic E-state index is 0.298. The highest BCUT2D eigenvalue weighted by atomic mass is 16.5. The van der Waals surface area contributed by atoms with Crippen LogP contribution in [0.4, 0.5) is 0 Å². The van der Waals surface area contributed by atoms with E-state index in [-0.39, 0.29) is 18.9 Å². The van der Waals surface area contributed by atoms with E-state index in [9.17, 15) is 14.4 Å². The summed E-state index contributed by atoms with van der Waals surface area (Å²) < 4.78 is 12.1. The molecule has 1 amide bonds. The number of hydrogen-bond donors (Lipinski definition) is 1. The van der Waals surface area contributed by atoms with Gasteiger partial charge in [0.05, 0.1) is 12.7 Å². The van der Waals surface area contributed by atoms with Gasteiger partial charge in [-0.1, -0.05) is 18.2 Å². The van der Waals surface area contributed by atoms with Crippen molar-refractivity contribution in [1.29, 1.82) is 0 Å². The first-order chi connectivity index (χ1) is 13.4. The molecule has 7 heteroatoms. The zero-order chi connectivity index (χ0) is 20.7. The van der Waals surface area contributed by atoms with Crippen LogP contribution in [0.1, 0.15) is 32.1 Å². The third kappa shape index (κ3) is 4.88. The van der Waals surface area contributed by atoms with E-state index in [1.165, 1.54) is 7.11 Å². The van der Waals surface area contributed by atoms with E-state index in [0.717, 1.165) is 11.4 Å². The van der Waals surface area contributed by atoms with Crippen LogP contribution in [0.25, 0.3) is 0 Å². The smallest absolute Gasteiger partial charge is 0.325 e. The number of allylic oxidation sites excluding steroid dienone is 1. The number of rotatable bonds is 9. The van der Waals surface area contributed by atoms with Crippen molar-refractivity contribution in [3.8, 4) is 5.75 Å².